The Morgan fingerprint density at radius 1 is 1.00 bits per heavy atom. The molecule has 1 amide bonds. The Kier molecular flexibility index (Phi) is 5.32. The van der Waals surface area contributed by atoms with Gasteiger partial charge in [-0.25, -0.2) is 0 Å². The van der Waals surface area contributed by atoms with Crippen LogP contribution in [0.2, 0.25) is 0 Å². The summed E-state index contributed by atoms with van der Waals surface area (Å²) in [6.45, 7) is 6.90. The SMILES string of the molecule is CCN(c1ccccc1)c1ccnc(C(=O)Nc2ccc(C)cc2C)c1. The number of benzene rings is 2. The number of hydrogen-bond acceptors (Lipinski definition) is 3. The molecule has 0 aliphatic rings. The van der Waals surface area contributed by atoms with Crippen LogP contribution in [-0.4, -0.2) is 17.4 Å². The molecule has 3 rings (SSSR count). The molecule has 0 saturated carbocycles. The molecule has 1 aromatic heterocycles. The molecule has 0 saturated heterocycles. The summed E-state index contributed by atoms with van der Waals surface area (Å²) in [7, 11) is 0. The van der Waals surface area contributed by atoms with Crippen LogP contribution in [0.5, 0.6) is 0 Å². The Labute approximate surface area is 154 Å². The smallest absolute Gasteiger partial charge is 0.274 e. The van der Waals surface area contributed by atoms with E-state index in [9.17, 15) is 4.79 Å². The van der Waals surface area contributed by atoms with Crippen LogP contribution in [0.4, 0.5) is 17.1 Å². The first-order valence-electron chi connectivity index (χ1n) is 8.75. The highest BCUT2D eigenvalue weighted by molar-refractivity contribution is 6.03. The van der Waals surface area contributed by atoms with Crippen LogP contribution in [0, 0.1) is 13.8 Å². The van der Waals surface area contributed by atoms with Crippen molar-refractivity contribution in [1.82, 2.24) is 4.98 Å². The predicted octanol–water partition coefficient (Wildman–Crippen LogP) is 5.11. The van der Waals surface area contributed by atoms with E-state index in [0.717, 1.165) is 29.2 Å². The van der Waals surface area contributed by atoms with E-state index in [0.29, 0.717) is 5.69 Å². The summed E-state index contributed by atoms with van der Waals surface area (Å²) in [6.07, 6.45) is 1.68. The van der Waals surface area contributed by atoms with Gasteiger partial charge in [0.1, 0.15) is 5.69 Å². The molecule has 3 aromatic rings. The zero-order valence-electron chi connectivity index (χ0n) is 15.4. The van der Waals surface area contributed by atoms with E-state index in [1.54, 1.807) is 6.20 Å². The number of para-hydroxylation sites is 1. The molecule has 4 nitrogen and oxygen atoms in total. The normalized spacial score (nSPS) is 10.4. The molecule has 0 bridgehead atoms. The number of amides is 1. The van der Waals surface area contributed by atoms with Crippen LogP contribution in [-0.2, 0) is 0 Å². The number of nitrogens with zero attached hydrogens (tertiary/aromatic N) is 2. The standard InChI is InChI=1S/C22H23N3O/c1-4-25(18-8-6-5-7-9-18)19-12-13-23-21(15-19)22(26)24-20-11-10-16(2)14-17(20)3/h5-15H,4H2,1-3H3,(H,24,26). The fourth-order valence-corrected chi connectivity index (χ4v) is 2.97. The van der Waals surface area contributed by atoms with Gasteiger partial charge in [0.15, 0.2) is 0 Å². The lowest BCUT2D eigenvalue weighted by Gasteiger charge is -2.23. The quantitative estimate of drug-likeness (QED) is 0.699. The van der Waals surface area contributed by atoms with Gasteiger partial charge in [-0.05, 0) is 56.7 Å². The number of hydrogen-bond donors (Lipinski definition) is 1. The Morgan fingerprint density at radius 3 is 2.46 bits per heavy atom. The maximum Gasteiger partial charge on any atom is 0.274 e. The Morgan fingerprint density at radius 2 is 1.77 bits per heavy atom. The molecule has 1 heterocycles. The summed E-state index contributed by atoms with van der Waals surface area (Å²) in [4.78, 5) is 19.1. The molecule has 132 valence electrons. The van der Waals surface area contributed by atoms with Gasteiger partial charge in [-0.15, -0.1) is 0 Å². The molecule has 0 unspecified atom stereocenters. The number of aromatic nitrogens is 1. The van der Waals surface area contributed by atoms with Gasteiger partial charge in [-0.2, -0.15) is 0 Å². The molecule has 26 heavy (non-hydrogen) atoms. The first-order valence-corrected chi connectivity index (χ1v) is 8.75. The summed E-state index contributed by atoms with van der Waals surface area (Å²) in [5, 5.41) is 2.96. The Bertz CT molecular complexity index is 906. The highest BCUT2D eigenvalue weighted by Crippen LogP contribution is 2.25. The molecule has 0 aliphatic carbocycles. The molecule has 0 aliphatic heterocycles. The van der Waals surface area contributed by atoms with Gasteiger partial charge in [0, 0.05) is 29.8 Å². The van der Waals surface area contributed by atoms with Crippen LogP contribution in [0.3, 0.4) is 0 Å². The molecular formula is C22H23N3O. The van der Waals surface area contributed by atoms with Gasteiger partial charge >= 0.3 is 0 Å². The van der Waals surface area contributed by atoms with E-state index in [2.05, 4.69) is 34.3 Å². The highest BCUT2D eigenvalue weighted by atomic mass is 16.1. The number of carbonyl (C=O) groups excluding carboxylic acids is 1. The van der Waals surface area contributed by atoms with Crippen molar-refractivity contribution in [2.75, 3.05) is 16.8 Å². The molecule has 4 heteroatoms. The van der Waals surface area contributed by atoms with E-state index in [1.807, 2.05) is 62.4 Å². The Hall–Kier alpha value is -3.14. The topological polar surface area (TPSA) is 45.2 Å². The molecule has 2 aromatic carbocycles. The predicted molar refractivity (Wildman–Crippen MR) is 107 cm³/mol. The minimum atomic E-state index is -0.206. The lowest BCUT2D eigenvalue weighted by molar-refractivity contribution is 0.102. The number of aryl methyl sites for hydroxylation is 2. The van der Waals surface area contributed by atoms with Crippen molar-refractivity contribution < 1.29 is 4.79 Å². The maximum absolute atomic E-state index is 12.7. The van der Waals surface area contributed by atoms with Crippen molar-refractivity contribution in [1.29, 1.82) is 0 Å². The minimum absolute atomic E-state index is 0.206. The van der Waals surface area contributed by atoms with Crippen molar-refractivity contribution in [3.8, 4) is 0 Å². The second-order valence-corrected chi connectivity index (χ2v) is 6.25. The average molecular weight is 345 g/mol. The third-order valence-electron chi connectivity index (χ3n) is 4.30. The van der Waals surface area contributed by atoms with Crippen LogP contribution in [0.25, 0.3) is 0 Å². The van der Waals surface area contributed by atoms with E-state index in [-0.39, 0.29) is 5.91 Å². The average Bonchev–Trinajstić information content (AvgIpc) is 2.66. The third kappa shape index (κ3) is 3.91. The number of pyridine rings is 1. The van der Waals surface area contributed by atoms with Crippen LogP contribution in [0.1, 0.15) is 28.5 Å². The van der Waals surface area contributed by atoms with Crippen molar-refractivity contribution in [3.63, 3.8) is 0 Å². The first kappa shape index (κ1) is 17.7. The fourth-order valence-electron chi connectivity index (χ4n) is 2.97. The molecule has 0 fully saturated rings. The first-order chi connectivity index (χ1) is 12.6. The molecule has 0 radical (unpaired) electrons. The molecular weight excluding hydrogens is 322 g/mol. The molecule has 1 N–H and O–H groups in total. The largest absolute Gasteiger partial charge is 0.342 e. The van der Waals surface area contributed by atoms with Gasteiger partial charge in [0.05, 0.1) is 0 Å². The van der Waals surface area contributed by atoms with Gasteiger partial charge in [0.2, 0.25) is 0 Å². The number of anilines is 3. The summed E-state index contributed by atoms with van der Waals surface area (Å²) in [5.41, 5.74) is 5.44. The second kappa shape index (κ2) is 7.83. The van der Waals surface area contributed by atoms with Gasteiger partial charge < -0.3 is 10.2 Å². The second-order valence-electron chi connectivity index (χ2n) is 6.25. The third-order valence-corrected chi connectivity index (χ3v) is 4.30. The minimum Gasteiger partial charge on any atom is -0.342 e. The monoisotopic (exact) mass is 345 g/mol. The number of nitrogens with one attached hydrogen (secondary N) is 1. The molecule has 0 atom stereocenters. The lowest BCUT2D eigenvalue weighted by atomic mass is 10.1. The maximum atomic E-state index is 12.7. The Balaban J connectivity index is 1.85. The van der Waals surface area contributed by atoms with Crippen LogP contribution < -0.4 is 10.2 Å². The summed E-state index contributed by atoms with van der Waals surface area (Å²) >= 11 is 0. The zero-order chi connectivity index (χ0) is 18.5. The van der Waals surface area contributed by atoms with Crippen LogP contribution >= 0.6 is 0 Å². The van der Waals surface area contributed by atoms with Crippen molar-refractivity contribution in [2.45, 2.75) is 20.8 Å². The summed E-state index contributed by atoms with van der Waals surface area (Å²) < 4.78 is 0. The number of rotatable bonds is 5. The molecule has 0 spiro atoms. The van der Waals surface area contributed by atoms with Gasteiger partial charge in [0.25, 0.3) is 5.91 Å². The van der Waals surface area contributed by atoms with Gasteiger partial charge in [-0.3, -0.25) is 9.78 Å². The van der Waals surface area contributed by atoms with E-state index in [4.69, 9.17) is 0 Å². The summed E-state index contributed by atoms with van der Waals surface area (Å²) in [6, 6.07) is 19.8. The van der Waals surface area contributed by atoms with Crippen molar-refractivity contribution in [2.24, 2.45) is 0 Å². The van der Waals surface area contributed by atoms with Crippen molar-refractivity contribution in [3.05, 3.63) is 83.7 Å². The van der Waals surface area contributed by atoms with Crippen LogP contribution in [0.15, 0.2) is 66.9 Å². The zero-order valence-corrected chi connectivity index (χ0v) is 15.4. The highest BCUT2D eigenvalue weighted by Gasteiger charge is 2.13. The summed E-state index contributed by atoms with van der Waals surface area (Å²) in [5.74, 6) is -0.206. The fraction of sp³-hybridized carbons (Fsp3) is 0.182. The lowest BCUT2D eigenvalue weighted by Crippen LogP contribution is -2.18. The van der Waals surface area contributed by atoms with E-state index < -0.39 is 0 Å². The van der Waals surface area contributed by atoms with E-state index in [1.165, 1.54) is 5.56 Å². The van der Waals surface area contributed by atoms with Crippen molar-refractivity contribution >= 4 is 23.0 Å². The van der Waals surface area contributed by atoms with Gasteiger partial charge in [-0.1, -0.05) is 35.9 Å². The number of carbonyl (C=O) groups is 1. The van der Waals surface area contributed by atoms with E-state index >= 15 is 0 Å².